The Morgan fingerprint density at radius 2 is 2.04 bits per heavy atom. The van der Waals surface area contributed by atoms with Crippen LogP contribution in [0.5, 0.6) is 0 Å². The van der Waals surface area contributed by atoms with E-state index in [9.17, 15) is 9.90 Å². The second-order valence-corrected chi connectivity index (χ2v) is 6.66. The number of fused-ring (bicyclic) bond motifs is 1. The van der Waals surface area contributed by atoms with Crippen LogP contribution >= 0.6 is 11.6 Å². The van der Waals surface area contributed by atoms with E-state index >= 15 is 0 Å². The monoisotopic (exact) mass is 365 g/mol. The van der Waals surface area contributed by atoms with E-state index in [1.54, 1.807) is 24.5 Å². The van der Waals surface area contributed by atoms with E-state index in [4.69, 9.17) is 16.0 Å². The molecule has 0 unspecified atom stereocenters. The van der Waals surface area contributed by atoms with Crippen LogP contribution in [0, 0.1) is 6.92 Å². The van der Waals surface area contributed by atoms with E-state index in [0.717, 1.165) is 39.0 Å². The summed E-state index contributed by atoms with van der Waals surface area (Å²) in [7, 11) is 0. The summed E-state index contributed by atoms with van der Waals surface area (Å²) in [5, 5.41) is 10.8. The van der Waals surface area contributed by atoms with Gasteiger partial charge in [0.25, 0.3) is 0 Å². The third-order valence-corrected chi connectivity index (χ3v) is 4.94. The van der Waals surface area contributed by atoms with Crippen molar-refractivity contribution in [1.29, 1.82) is 0 Å². The standard InChI is InChI=1S/C21H16ClNO3/c1-12-16(17-10-15(21(24)25)6-7-19(17)23-12)9-13-4-5-14(11-18(13)22)20-3-2-8-26-20/h2-8,10-11,23H,9H2,1H3,(H,24,25). The number of aromatic nitrogens is 1. The van der Waals surface area contributed by atoms with Crippen molar-refractivity contribution < 1.29 is 14.3 Å². The van der Waals surface area contributed by atoms with E-state index in [0.29, 0.717) is 11.4 Å². The van der Waals surface area contributed by atoms with Crippen molar-refractivity contribution in [2.24, 2.45) is 0 Å². The third-order valence-electron chi connectivity index (χ3n) is 4.59. The molecule has 26 heavy (non-hydrogen) atoms. The molecule has 2 N–H and O–H groups in total. The van der Waals surface area contributed by atoms with Crippen LogP contribution in [-0.4, -0.2) is 16.1 Å². The summed E-state index contributed by atoms with van der Waals surface area (Å²) in [6.45, 7) is 1.99. The highest BCUT2D eigenvalue weighted by molar-refractivity contribution is 6.31. The summed E-state index contributed by atoms with van der Waals surface area (Å²) in [5.41, 5.74) is 5.16. The zero-order valence-electron chi connectivity index (χ0n) is 14.0. The molecule has 130 valence electrons. The molecule has 0 radical (unpaired) electrons. The number of nitrogens with one attached hydrogen (secondary N) is 1. The number of halogens is 1. The lowest BCUT2D eigenvalue weighted by Gasteiger charge is -2.07. The average Bonchev–Trinajstić information content (AvgIpc) is 3.24. The van der Waals surface area contributed by atoms with E-state index < -0.39 is 5.97 Å². The van der Waals surface area contributed by atoms with Gasteiger partial charge in [-0.25, -0.2) is 4.79 Å². The first-order chi connectivity index (χ1) is 12.5. The zero-order valence-corrected chi connectivity index (χ0v) is 14.8. The van der Waals surface area contributed by atoms with Gasteiger partial charge in [-0.3, -0.25) is 0 Å². The van der Waals surface area contributed by atoms with E-state index in [-0.39, 0.29) is 5.56 Å². The molecule has 4 nitrogen and oxygen atoms in total. The first kappa shape index (κ1) is 16.5. The number of aryl methyl sites for hydroxylation is 1. The fourth-order valence-electron chi connectivity index (χ4n) is 3.22. The molecule has 0 atom stereocenters. The summed E-state index contributed by atoms with van der Waals surface area (Å²) >= 11 is 6.50. The van der Waals surface area contributed by atoms with Gasteiger partial charge in [-0.05, 0) is 54.4 Å². The number of aromatic carboxylic acids is 1. The summed E-state index contributed by atoms with van der Waals surface area (Å²) in [6.07, 6.45) is 2.25. The molecule has 0 saturated heterocycles. The van der Waals surface area contributed by atoms with Gasteiger partial charge in [-0.2, -0.15) is 0 Å². The number of carboxylic acids is 1. The van der Waals surface area contributed by atoms with E-state index in [1.165, 1.54) is 0 Å². The second-order valence-electron chi connectivity index (χ2n) is 6.25. The highest BCUT2D eigenvalue weighted by Gasteiger charge is 2.14. The van der Waals surface area contributed by atoms with Gasteiger partial charge in [0.05, 0.1) is 11.8 Å². The largest absolute Gasteiger partial charge is 0.478 e. The normalized spacial score (nSPS) is 11.2. The van der Waals surface area contributed by atoms with Crippen LogP contribution in [-0.2, 0) is 6.42 Å². The number of rotatable bonds is 4. The summed E-state index contributed by atoms with van der Waals surface area (Å²) in [5.74, 6) is -0.162. The van der Waals surface area contributed by atoms with Crippen molar-refractivity contribution in [2.45, 2.75) is 13.3 Å². The van der Waals surface area contributed by atoms with Crippen molar-refractivity contribution in [3.05, 3.63) is 82.2 Å². The van der Waals surface area contributed by atoms with Crippen molar-refractivity contribution in [2.75, 3.05) is 0 Å². The lowest BCUT2D eigenvalue weighted by molar-refractivity contribution is 0.0697. The maximum atomic E-state index is 11.3. The number of hydrogen-bond donors (Lipinski definition) is 2. The highest BCUT2D eigenvalue weighted by Crippen LogP contribution is 2.31. The predicted octanol–water partition coefficient (Wildman–Crippen LogP) is 5.68. The third kappa shape index (κ3) is 2.89. The van der Waals surface area contributed by atoms with E-state index in [1.807, 2.05) is 37.3 Å². The van der Waals surface area contributed by atoms with Crippen molar-refractivity contribution >= 4 is 28.5 Å². The van der Waals surface area contributed by atoms with Crippen LogP contribution < -0.4 is 0 Å². The number of hydrogen-bond acceptors (Lipinski definition) is 2. The average molecular weight is 366 g/mol. The minimum absolute atomic E-state index is 0.275. The van der Waals surface area contributed by atoms with E-state index in [2.05, 4.69) is 4.98 Å². The van der Waals surface area contributed by atoms with Gasteiger partial charge in [0.15, 0.2) is 0 Å². The van der Waals surface area contributed by atoms with Gasteiger partial charge in [0.2, 0.25) is 0 Å². The Bertz CT molecular complexity index is 1110. The van der Waals surface area contributed by atoms with Gasteiger partial charge in [-0.1, -0.05) is 23.7 Å². The van der Waals surface area contributed by atoms with Crippen LogP contribution in [0.4, 0.5) is 0 Å². The molecule has 0 saturated carbocycles. The molecule has 0 amide bonds. The molecular formula is C21H16ClNO3. The quantitative estimate of drug-likeness (QED) is 0.489. The fraction of sp³-hybridized carbons (Fsp3) is 0.0952. The number of benzene rings is 2. The summed E-state index contributed by atoms with van der Waals surface area (Å²) < 4.78 is 5.41. The Kier molecular flexibility index (Phi) is 4.05. The molecule has 2 aromatic carbocycles. The lowest BCUT2D eigenvalue weighted by Crippen LogP contribution is -1.96. The zero-order chi connectivity index (χ0) is 18.3. The Morgan fingerprint density at radius 1 is 1.19 bits per heavy atom. The number of carbonyl (C=O) groups is 1. The van der Waals surface area contributed by atoms with Crippen molar-refractivity contribution in [1.82, 2.24) is 4.98 Å². The first-order valence-corrected chi connectivity index (χ1v) is 8.57. The molecule has 0 aliphatic rings. The summed E-state index contributed by atoms with van der Waals surface area (Å²) in [4.78, 5) is 14.6. The number of furan rings is 1. The van der Waals surface area contributed by atoms with Gasteiger partial charge >= 0.3 is 5.97 Å². The molecule has 4 aromatic rings. The van der Waals surface area contributed by atoms with Crippen molar-refractivity contribution in [3.63, 3.8) is 0 Å². The maximum Gasteiger partial charge on any atom is 0.335 e. The molecule has 2 aromatic heterocycles. The molecule has 5 heteroatoms. The van der Waals surface area contributed by atoms with Gasteiger partial charge in [-0.15, -0.1) is 0 Å². The predicted molar refractivity (Wildman–Crippen MR) is 102 cm³/mol. The Labute approximate surface area is 155 Å². The fourth-order valence-corrected chi connectivity index (χ4v) is 3.47. The number of aromatic amines is 1. The van der Waals surface area contributed by atoms with Crippen LogP contribution in [0.15, 0.2) is 59.2 Å². The molecule has 0 bridgehead atoms. The molecule has 0 spiro atoms. The minimum Gasteiger partial charge on any atom is -0.478 e. The van der Waals surface area contributed by atoms with Crippen LogP contribution in [0.1, 0.15) is 27.2 Å². The molecule has 0 aliphatic heterocycles. The topological polar surface area (TPSA) is 66.2 Å². The van der Waals surface area contributed by atoms with Crippen LogP contribution in [0.2, 0.25) is 5.02 Å². The molecular weight excluding hydrogens is 350 g/mol. The smallest absolute Gasteiger partial charge is 0.335 e. The molecule has 2 heterocycles. The minimum atomic E-state index is -0.933. The Morgan fingerprint density at radius 3 is 2.73 bits per heavy atom. The molecule has 4 rings (SSSR count). The summed E-state index contributed by atoms with van der Waals surface area (Å²) in [6, 6.07) is 14.7. The molecule has 0 fully saturated rings. The van der Waals surface area contributed by atoms with Gasteiger partial charge in [0, 0.05) is 33.6 Å². The number of carboxylic acid groups (broad SMARTS) is 1. The van der Waals surface area contributed by atoms with Crippen molar-refractivity contribution in [3.8, 4) is 11.3 Å². The van der Waals surface area contributed by atoms with Gasteiger partial charge < -0.3 is 14.5 Å². The maximum absolute atomic E-state index is 11.3. The molecule has 0 aliphatic carbocycles. The first-order valence-electron chi connectivity index (χ1n) is 8.20. The Hall–Kier alpha value is -2.98. The lowest BCUT2D eigenvalue weighted by atomic mass is 9.99. The Balaban J connectivity index is 1.74. The number of H-pyrrole nitrogens is 1. The van der Waals surface area contributed by atoms with Gasteiger partial charge in [0.1, 0.15) is 5.76 Å². The SMILES string of the molecule is Cc1[nH]c2ccc(C(=O)O)cc2c1Cc1ccc(-c2ccco2)cc1Cl. The van der Waals surface area contributed by atoms with Crippen LogP contribution in [0.3, 0.4) is 0 Å². The van der Waals surface area contributed by atoms with Crippen LogP contribution in [0.25, 0.3) is 22.2 Å². The second kappa shape index (κ2) is 6.39. The highest BCUT2D eigenvalue weighted by atomic mass is 35.5.